The maximum atomic E-state index is 12.4. The second-order valence-electron chi connectivity index (χ2n) is 6.94. The number of aromatic amines is 1. The molecule has 2 aromatic rings. The van der Waals surface area contributed by atoms with Crippen LogP contribution in [0.3, 0.4) is 0 Å². The number of sulfonamides is 1. The first-order chi connectivity index (χ1) is 12.4. The number of carbonyl (C=O) groups is 1. The number of carbonyl (C=O) groups excluding carboxylic acids is 1. The molecule has 1 amide bonds. The number of H-pyrrole nitrogens is 1. The molecule has 26 heavy (non-hydrogen) atoms. The molecule has 1 aliphatic carbocycles. The lowest BCUT2D eigenvalue weighted by Gasteiger charge is -2.12. The van der Waals surface area contributed by atoms with Crippen LogP contribution in [-0.4, -0.2) is 37.7 Å². The molecule has 0 radical (unpaired) electrons. The molecule has 0 bridgehead atoms. The lowest BCUT2D eigenvalue weighted by Crippen LogP contribution is -2.22. The molecular weight excluding hydrogens is 350 g/mol. The van der Waals surface area contributed by atoms with E-state index in [1.165, 1.54) is 48.6 Å². The largest absolute Gasteiger partial charge is 0.359 e. The van der Waals surface area contributed by atoms with Crippen molar-refractivity contribution in [3.8, 4) is 0 Å². The molecule has 2 heterocycles. The summed E-state index contributed by atoms with van der Waals surface area (Å²) in [6.45, 7) is 0. The zero-order chi connectivity index (χ0) is 18.5. The van der Waals surface area contributed by atoms with E-state index in [4.69, 9.17) is 0 Å². The van der Waals surface area contributed by atoms with E-state index in [-0.39, 0.29) is 10.8 Å². The Labute approximate surface area is 153 Å². The topological polar surface area (TPSA) is 82.3 Å². The van der Waals surface area contributed by atoms with Crippen LogP contribution in [0.1, 0.15) is 35.4 Å². The predicted octanol–water partition coefficient (Wildman–Crippen LogP) is 2.64. The Morgan fingerprint density at radius 2 is 1.88 bits per heavy atom. The Morgan fingerprint density at radius 1 is 1.12 bits per heavy atom. The standard InChI is InChI=1S/C19H21N3O3S/c1-22(2)26(24,25)14-7-8-18-15(11-14)16(19(23)21-18)10-13-9-12-5-3-4-6-17(12)20-13/h7-11,20H,3-6H2,1-2H3,(H,21,23). The molecule has 1 aliphatic heterocycles. The van der Waals surface area contributed by atoms with Crippen molar-refractivity contribution >= 4 is 33.3 Å². The average molecular weight is 371 g/mol. The van der Waals surface area contributed by atoms with Crippen molar-refractivity contribution in [2.45, 2.75) is 30.6 Å². The minimum absolute atomic E-state index is 0.175. The summed E-state index contributed by atoms with van der Waals surface area (Å²) in [7, 11) is -0.571. The van der Waals surface area contributed by atoms with Crippen LogP contribution in [-0.2, 0) is 27.7 Å². The first-order valence-electron chi connectivity index (χ1n) is 8.67. The number of hydrogen-bond donors (Lipinski definition) is 2. The third-order valence-corrected chi connectivity index (χ3v) is 6.80. The predicted molar refractivity (Wildman–Crippen MR) is 101 cm³/mol. The van der Waals surface area contributed by atoms with E-state index in [9.17, 15) is 13.2 Å². The number of aromatic nitrogens is 1. The van der Waals surface area contributed by atoms with Gasteiger partial charge in [0.05, 0.1) is 10.5 Å². The molecule has 4 rings (SSSR count). The normalized spacial score (nSPS) is 18.1. The molecule has 6 nitrogen and oxygen atoms in total. The zero-order valence-corrected chi connectivity index (χ0v) is 15.6. The molecule has 2 aliphatic rings. The van der Waals surface area contributed by atoms with Gasteiger partial charge < -0.3 is 10.3 Å². The molecule has 1 aromatic heterocycles. The van der Waals surface area contributed by atoms with E-state index in [2.05, 4.69) is 16.4 Å². The van der Waals surface area contributed by atoms with E-state index >= 15 is 0 Å². The number of rotatable bonds is 3. The number of nitrogens with one attached hydrogen (secondary N) is 2. The van der Waals surface area contributed by atoms with Crippen LogP contribution in [0.15, 0.2) is 29.2 Å². The van der Waals surface area contributed by atoms with Crippen molar-refractivity contribution in [3.63, 3.8) is 0 Å². The van der Waals surface area contributed by atoms with Gasteiger partial charge in [-0.1, -0.05) is 0 Å². The first-order valence-corrected chi connectivity index (χ1v) is 10.1. The molecule has 0 atom stereocenters. The van der Waals surface area contributed by atoms with Gasteiger partial charge in [-0.15, -0.1) is 0 Å². The first kappa shape index (κ1) is 17.1. The zero-order valence-electron chi connectivity index (χ0n) is 14.8. The Kier molecular flexibility index (Phi) is 4.00. The van der Waals surface area contributed by atoms with Gasteiger partial charge in [0, 0.05) is 36.7 Å². The molecular formula is C19H21N3O3S. The highest BCUT2D eigenvalue weighted by Crippen LogP contribution is 2.35. The number of aryl methyl sites for hydroxylation is 2. The van der Waals surface area contributed by atoms with Gasteiger partial charge >= 0.3 is 0 Å². The molecule has 136 valence electrons. The van der Waals surface area contributed by atoms with Gasteiger partial charge in [0.25, 0.3) is 5.91 Å². The number of hydrogen-bond acceptors (Lipinski definition) is 3. The highest BCUT2D eigenvalue weighted by molar-refractivity contribution is 7.89. The van der Waals surface area contributed by atoms with Crippen LogP contribution in [0.2, 0.25) is 0 Å². The fourth-order valence-corrected chi connectivity index (χ4v) is 4.47. The smallest absolute Gasteiger partial charge is 0.256 e. The van der Waals surface area contributed by atoms with E-state index in [1.54, 1.807) is 12.1 Å². The van der Waals surface area contributed by atoms with Gasteiger partial charge in [-0.05, 0) is 61.6 Å². The van der Waals surface area contributed by atoms with Gasteiger partial charge in [-0.3, -0.25) is 4.79 Å². The van der Waals surface area contributed by atoms with E-state index < -0.39 is 10.0 Å². The van der Waals surface area contributed by atoms with Crippen LogP contribution < -0.4 is 5.32 Å². The number of amides is 1. The van der Waals surface area contributed by atoms with Crippen LogP contribution in [0, 0.1) is 0 Å². The molecule has 0 saturated heterocycles. The summed E-state index contributed by atoms with van der Waals surface area (Å²) < 4.78 is 26.0. The number of anilines is 1. The van der Waals surface area contributed by atoms with Crippen molar-refractivity contribution in [2.24, 2.45) is 0 Å². The van der Waals surface area contributed by atoms with Gasteiger partial charge in [-0.25, -0.2) is 12.7 Å². The summed E-state index contributed by atoms with van der Waals surface area (Å²) in [5, 5.41) is 2.81. The fourth-order valence-electron chi connectivity index (χ4n) is 3.54. The van der Waals surface area contributed by atoms with Crippen molar-refractivity contribution in [3.05, 3.63) is 46.8 Å². The van der Waals surface area contributed by atoms with Gasteiger partial charge in [0.2, 0.25) is 10.0 Å². The third-order valence-electron chi connectivity index (χ3n) is 4.99. The SMILES string of the molecule is CN(C)S(=O)(=O)c1ccc2c(c1)C(=Cc1cc3c([nH]1)CCCC3)C(=O)N2. The molecule has 0 unspecified atom stereocenters. The Morgan fingerprint density at radius 3 is 2.62 bits per heavy atom. The van der Waals surface area contributed by atoms with Gasteiger partial charge in [0.1, 0.15) is 0 Å². The van der Waals surface area contributed by atoms with Crippen molar-refractivity contribution < 1.29 is 13.2 Å². The van der Waals surface area contributed by atoms with E-state index in [0.29, 0.717) is 16.8 Å². The van der Waals surface area contributed by atoms with E-state index in [1.807, 2.05) is 6.08 Å². The molecule has 1 aromatic carbocycles. The number of fused-ring (bicyclic) bond motifs is 2. The summed E-state index contributed by atoms with van der Waals surface area (Å²) in [4.78, 5) is 16.0. The molecule has 0 fully saturated rings. The van der Waals surface area contributed by atoms with Crippen molar-refractivity contribution in [2.75, 3.05) is 19.4 Å². The highest BCUT2D eigenvalue weighted by Gasteiger charge is 2.27. The van der Waals surface area contributed by atoms with E-state index in [0.717, 1.165) is 18.5 Å². The number of nitrogens with zero attached hydrogens (tertiary/aromatic N) is 1. The molecule has 7 heteroatoms. The van der Waals surface area contributed by atoms with Crippen LogP contribution >= 0.6 is 0 Å². The minimum atomic E-state index is -3.56. The Bertz CT molecular complexity index is 1010. The Hall–Kier alpha value is -2.38. The second-order valence-corrected chi connectivity index (χ2v) is 9.09. The van der Waals surface area contributed by atoms with Crippen LogP contribution in [0.25, 0.3) is 11.6 Å². The maximum absolute atomic E-state index is 12.4. The summed E-state index contributed by atoms with van der Waals surface area (Å²) in [5.41, 5.74) is 5.17. The quantitative estimate of drug-likeness (QED) is 0.814. The number of benzene rings is 1. The molecule has 2 N–H and O–H groups in total. The monoisotopic (exact) mass is 371 g/mol. The van der Waals surface area contributed by atoms with Gasteiger partial charge in [0.15, 0.2) is 0 Å². The van der Waals surface area contributed by atoms with Crippen LogP contribution in [0.5, 0.6) is 0 Å². The lowest BCUT2D eigenvalue weighted by atomic mass is 9.98. The minimum Gasteiger partial charge on any atom is -0.359 e. The summed E-state index contributed by atoms with van der Waals surface area (Å²) in [6, 6.07) is 6.82. The molecule has 0 saturated carbocycles. The highest BCUT2D eigenvalue weighted by atomic mass is 32.2. The average Bonchev–Trinajstić information content (AvgIpc) is 3.15. The fraction of sp³-hybridized carbons (Fsp3) is 0.316. The summed E-state index contributed by atoms with van der Waals surface area (Å²) in [6.07, 6.45) is 6.27. The second kappa shape index (κ2) is 6.10. The summed E-state index contributed by atoms with van der Waals surface area (Å²) in [5.74, 6) is -0.216. The van der Waals surface area contributed by atoms with Gasteiger partial charge in [-0.2, -0.15) is 0 Å². The van der Waals surface area contributed by atoms with Crippen molar-refractivity contribution in [1.82, 2.24) is 9.29 Å². The molecule has 0 spiro atoms. The summed E-state index contributed by atoms with van der Waals surface area (Å²) >= 11 is 0. The maximum Gasteiger partial charge on any atom is 0.256 e. The van der Waals surface area contributed by atoms with Crippen molar-refractivity contribution in [1.29, 1.82) is 0 Å². The Balaban J connectivity index is 1.78. The third kappa shape index (κ3) is 2.77. The lowest BCUT2D eigenvalue weighted by molar-refractivity contribution is -0.110. The van der Waals surface area contributed by atoms with Crippen LogP contribution in [0.4, 0.5) is 5.69 Å².